The molecule has 5 heteroatoms. The molecule has 3 N–H and O–H groups in total. The highest BCUT2D eigenvalue weighted by Crippen LogP contribution is 2.30. The zero-order chi connectivity index (χ0) is 14.8. The Kier molecular flexibility index (Phi) is 3.23. The molecule has 104 valence electrons. The maximum absolute atomic E-state index is 9.88. The number of hydrogen-bond donors (Lipinski definition) is 2. The Morgan fingerprint density at radius 3 is 2.48 bits per heavy atom. The predicted octanol–water partition coefficient (Wildman–Crippen LogP) is 3.67. The lowest BCUT2D eigenvalue weighted by Gasteiger charge is -2.02. The second-order valence-corrected chi connectivity index (χ2v) is 4.76. The molecule has 0 saturated heterocycles. The van der Waals surface area contributed by atoms with Crippen molar-refractivity contribution in [2.75, 3.05) is 5.73 Å². The third kappa shape index (κ3) is 2.41. The Balaban J connectivity index is 2.08. The second kappa shape index (κ2) is 5.20. The summed E-state index contributed by atoms with van der Waals surface area (Å²) in [6, 6.07) is 16.7. The molecular weight excluding hydrogens is 264 g/mol. The van der Waals surface area contributed by atoms with Crippen molar-refractivity contribution in [1.29, 1.82) is 0 Å². The van der Waals surface area contributed by atoms with Gasteiger partial charge in [0.2, 0.25) is 0 Å². The first-order valence-electron chi connectivity index (χ1n) is 6.57. The molecule has 0 aliphatic carbocycles. The molecule has 2 aromatic carbocycles. The smallest absolute Gasteiger partial charge is 0.388 e. The van der Waals surface area contributed by atoms with Crippen LogP contribution >= 0.6 is 0 Å². The van der Waals surface area contributed by atoms with E-state index >= 15 is 0 Å². The van der Waals surface area contributed by atoms with Gasteiger partial charge >= 0.3 is 5.82 Å². The molecule has 0 aliphatic rings. The molecule has 0 amide bonds. The van der Waals surface area contributed by atoms with E-state index < -0.39 is 0 Å². The highest BCUT2D eigenvalue weighted by Gasteiger charge is 2.11. The van der Waals surface area contributed by atoms with Crippen LogP contribution in [-0.2, 0) is 0 Å². The lowest BCUT2D eigenvalue weighted by Crippen LogP contribution is -2.33. The first-order chi connectivity index (χ1) is 10.2. The molecule has 0 spiro atoms. The quantitative estimate of drug-likeness (QED) is 0.325. The van der Waals surface area contributed by atoms with Crippen molar-refractivity contribution in [3.8, 4) is 0 Å². The average Bonchev–Trinajstić information content (AvgIpc) is 2.51. The molecule has 21 heavy (non-hydrogen) atoms. The van der Waals surface area contributed by atoms with Gasteiger partial charge in [-0.15, -0.1) is 0 Å². The molecule has 0 unspecified atom stereocenters. The average molecular weight is 279 g/mol. The minimum absolute atomic E-state index is 0.371. The number of benzene rings is 2. The van der Waals surface area contributed by atoms with E-state index in [-0.39, 0.29) is 0 Å². The van der Waals surface area contributed by atoms with E-state index in [1.807, 2.05) is 36.4 Å². The monoisotopic (exact) mass is 279 g/mol. The standard InChI is InChI=1S/C16H14N4O/c1-11-5-4-8-16(20(11)21)19-18-15-10-9-14(17)12-6-2-3-7-13(12)15/h2-10,17,21H,1H3/p+1. The summed E-state index contributed by atoms with van der Waals surface area (Å²) in [5, 5.41) is 20.1. The second-order valence-electron chi connectivity index (χ2n) is 4.76. The van der Waals surface area contributed by atoms with Crippen molar-refractivity contribution in [3.63, 3.8) is 0 Å². The fourth-order valence-corrected chi connectivity index (χ4v) is 2.17. The molecule has 1 aromatic heterocycles. The normalized spacial score (nSPS) is 11.3. The van der Waals surface area contributed by atoms with E-state index in [4.69, 9.17) is 5.73 Å². The summed E-state index contributed by atoms with van der Waals surface area (Å²) in [6.45, 7) is 1.79. The van der Waals surface area contributed by atoms with Crippen molar-refractivity contribution >= 4 is 28.0 Å². The van der Waals surface area contributed by atoms with Gasteiger partial charge in [-0.25, -0.2) is 0 Å². The predicted molar refractivity (Wildman–Crippen MR) is 81.1 cm³/mol. The Bertz CT molecular complexity index is 843. The Hall–Kier alpha value is -2.95. The van der Waals surface area contributed by atoms with Gasteiger partial charge in [-0.05, 0) is 34.1 Å². The van der Waals surface area contributed by atoms with Crippen molar-refractivity contribution in [2.45, 2.75) is 6.92 Å². The summed E-state index contributed by atoms with van der Waals surface area (Å²) in [5.41, 5.74) is 8.06. The minimum Gasteiger partial charge on any atom is -0.398 e. The lowest BCUT2D eigenvalue weighted by molar-refractivity contribution is -0.898. The maximum atomic E-state index is 9.88. The largest absolute Gasteiger partial charge is 0.398 e. The van der Waals surface area contributed by atoms with Crippen LogP contribution < -0.4 is 10.5 Å². The van der Waals surface area contributed by atoms with Gasteiger partial charge in [0.25, 0.3) is 0 Å². The van der Waals surface area contributed by atoms with E-state index in [9.17, 15) is 5.21 Å². The molecule has 0 atom stereocenters. The summed E-state index contributed by atoms with van der Waals surface area (Å²) < 4.78 is 1.00. The van der Waals surface area contributed by atoms with Gasteiger partial charge in [0.05, 0.1) is 5.11 Å². The summed E-state index contributed by atoms with van der Waals surface area (Å²) in [5.74, 6) is 0.371. The van der Waals surface area contributed by atoms with E-state index in [0.29, 0.717) is 22.9 Å². The number of aryl methyl sites for hydroxylation is 1. The molecule has 0 aliphatic heterocycles. The van der Waals surface area contributed by atoms with Gasteiger partial charge in [0.15, 0.2) is 0 Å². The minimum atomic E-state index is 0.371. The first kappa shape index (κ1) is 13.1. The number of aromatic nitrogens is 1. The summed E-state index contributed by atoms with van der Waals surface area (Å²) in [6.07, 6.45) is 0. The molecule has 3 aromatic rings. The summed E-state index contributed by atoms with van der Waals surface area (Å²) >= 11 is 0. The lowest BCUT2D eigenvalue weighted by atomic mass is 10.1. The molecule has 0 bridgehead atoms. The van der Waals surface area contributed by atoms with Crippen LogP contribution in [0.25, 0.3) is 10.8 Å². The summed E-state index contributed by atoms with van der Waals surface area (Å²) in [4.78, 5) is 0. The van der Waals surface area contributed by atoms with Crippen LogP contribution in [0.5, 0.6) is 0 Å². The Morgan fingerprint density at radius 1 is 0.905 bits per heavy atom. The highest BCUT2D eigenvalue weighted by molar-refractivity contribution is 5.99. The number of nitrogens with two attached hydrogens (primary N) is 1. The molecule has 1 heterocycles. The van der Waals surface area contributed by atoms with Crippen LogP contribution in [-0.4, -0.2) is 5.21 Å². The zero-order valence-corrected chi connectivity index (χ0v) is 11.6. The van der Waals surface area contributed by atoms with Crippen molar-refractivity contribution < 1.29 is 9.94 Å². The number of hydrogen-bond acceptors (Lipinski definition) is 4. The van der Waals surface area contributed by atoms with E-state index in [1.54, 1.807) is 25.1 Å². The van der Waals surface area contributed by atoms with Crippen LogP contribution in [0.15, 0.2) is 64.8 Å². The molecular formula is C16H15N4O+. The first-order valence-corrected chi connectivity index (χ1v) is 6.57. The number of anilines is 1. The zero-order valence-electron chi connectivity index (χ0n) is 11.6. The fraction of sp³-hybridized carbons (Fsp3) is 0.0625. The molecule has 0 fully saturated rings. The third-order valence-corrected chi connectivity index (χ3v) is 3.33. The molecule has 5 nitrogen and oxygen atoms in total. The van der Waals surface area contributed by atoms with Gasteiger partial charge in [-0.3, -0.25) is 0 Å². The Morgan fingerprint density at radius 2 is 1.67 bits per heavy atom. The molecule has 0 saturated carbocycles. The number of nitrogen functional groups attached to an aromatic ring is 1. The van der Waals surface area contributed by atoms with Gasteiger partial charge in [-0.1, -0.05) is 24.3 Å². The number of fused-ring (bicyclic) bond motifs is 1. The highest BCUT2D eigenvalue weighted by atomic mass is 16.5. The van der Waals surface area contributed by atoms with Crippen molar-refractivity contribution in [3.05, 3.63) is 60.3 Å². The number of rotatable bonds is 2. The van der Waals surface area contributed by atoms with E-state index in [1.165, 1.54) is 0 Å². The van der Waals surface area contributed by atoms with Crippen LogP contribution in [0.4, 0.5) is 17.2 Å². The van der Waals surface area contributed by atoms with Gasteiger partial charge in [0.1, 0.15) is 11.4 Å². The summed E-state index contributed by atoms with van der Waals surface area (Å²) in [7, 11) is 0. The van der Waals surface area contributed by atoms with Crippen LogP contribution in [0.1, 0.15) is 5.69 Å². The molecule has 0 radical (unpaired) electrons. The third-order valence-electron chi connectivity index (χ3n) is 3.33. The van der Waals surface area contributed by atoms with Crippen LogP contribution in [0.3, 0.4) is 0 Å². The number of nitrogens with zero attached hydrogens (tertiary/aromatic N) is 3. The van der Waals surface area contributed by atoms with Gasteiger partial charge < -0.3 is 10.9 Å². The van der Waals surface area contributed by atoms with E-state index in [0.717, 1.165) is 15.5 Å². The Labute approximate surface area is 121 Å². The van der Waals surface area contributed by atoms with Crippen LogP contribution in [0, 0.1) is 6.92 Å². The maximum Gasteiger partial charge on any atom is 0.388 e. The topological polar surface area (TPSA) is 74.8 Å². The SMILES string of the molecule is Cc1cccc(N=Nc2ccc(N)c3ccccc23)[n+]1O. The fourth-order valence-electron chi connectivity index (χ4n) is 2.17. The van der Waals surface area contributed by atoms with Crippen molar-refractivity contribution in [2.24, 2.45) is 10.2 Å². The number of azo groups is 1. The van der Waals surface area contributed by atoms with Gasteiger partial charge in [0, 0.05) is 29.4 Å². The van der Waals surface area contributed by atoms with Gasteiger partial charge in [-0.2, -0.15) is 0 Å². The molecule has 3 rings (SSSR count). The number of pyridine rings is 1. The van der Waals surface area contributed by atoms with Crippen LogP contribution in [0.2, 0.25) is 0 Å². The van der Waals surface area contributed by atoms with E-state index in [2.05, 4.69) is 10.2 Å². The van der Waals surface area contributed by atoms with Crippen molar-refractivity contribution in [1.82, 2.24) is 0 Å².